The Balaban J connectivity index is 2.01. The van der Waals surface area contributed by atoms with Gasteiger partial charge in [-0.25, -0.2) is 4.79 Å². The largest absolute Gasteiger partial charge is 0.508 e. The molecule has 2 aromatic rings. The summed E-state index contributed by atoms with van der Waals surface area (Å²) in [5.41, 5.74) is 2.01. The highest BCUT2D eigenvalue weighted by molar-refractivity contribution is 5.86. The summed E-state index contributed by atoms with van der Waals surface area (Å²) >= 11 is 0. The second kappa shape index (κ2) is 6.68. The van der Waals surface area contributed by atoms with Crippen molar-refractivity contribution in [1.29, 1.82) is 0 Å². The van der Waals surface area contributed by atoms with E-state index in [1.54, 1.807) is 30.3 Å². The van der Waals surface area contributed by atoms with Gasteiger partial charge in [-0.1, -0.05) is 18.2 Å². The average molecular weight is 340 g/mol. The highest BCUT2D eigenvalue weighted by Crippen LogP contribution is 2.47. The molecule has 25 heavy (non-hydrogen) atoms. The van der Waals surface area contributed by atoms with E-state index in [1.807, 2.05) is 0 Å². The number of hydrogen-bond acceptors (Lipinski definition) is 5. The number of carboxylic acids is 1. The predicted molar refractivity (Wildman–Crippen MR) is 89.3 cm³/mol. The zero-order valence-corrected chi connectivity index (χ0v) is 13.4. The summed E-state index contributed by atoms with van der Waals surface area (Å²) in [4.78, 5) is 23.0. The lowest BCUT2D eigenvalue weighted by molar-refractivity contribution is -0.144. The number of rotatable bonds is 4. The number of benzene rings is 2. The van der Waals surface area contributed by atoms with Crippen molar-refractivity contribution in [2.75, 3.05) is 7.11 Å². The standard InChI is InChI=1S/C19H16O6/c1-24-19(23)17-14-10-11(3-9-16(21)22)2-8-15(14)25-18(17)12-4-6-13(20)7-5-12/h2-10,17-18,20H,1H3,(H,21,22)/t17-,18+/m1/s1. The van der Waals surface area contributed by atoms with E-state index in [2.05, 4.69) is 0 Å². The van der Waals surface area contributed by atoms with Crippen LogP contribution < -0.4 is 4.74 Å². The lowest BCUT2D eigenvalue weighted by Crippen LogP contribution is -2.20. The Hall–Kier alpha value is -3.28. The number of ether oxygens (including phenoxy) is 2. The van der Waals surface area contributed by atoms with E-state index < -0.39 is 24.0 Å². The molecule has 0 unspecified atom stereocenters. The van der Waals surface area contributed by atoms with Crippen molar-refractivity contribution in [3.05, 3.63) is 65.2 Å². The first-order valence-corrected chi connectivity index (χ1v) is 7.58. The van der Waals surface area contributed by atoms with E-state index in [9.17, 15) is 14.7 Å². The van der Waals surface area contributed by atoms with E-state index in [1.165, 1.54) is 25.3 Å². The van der Waals surface area contributed by atoms with Crippen LogP contribution in [0.15, 0.2) is 48.5 Å². The Morgan fingerprint density at radius 2 is 1.88 bits per heavy atom. The molecule has 0 aliphatic carbocycles. The molecule has 6 nitrogen and oxygen atoms in total. The number of methoxy groups -OCH3 is 1. The third-order valence-electron chi connectivity index (χ3n) is 4.02. The van der Waals surface area contributed by atoms with Gasteiger partial charge in [-0.3, -0.25) is 4.79 Å². The molecule has 1 aliphatic heterocycles. The molecule has 0 fully saturated rings. The number of aromatic hydroxyl groups is 1. The van der Waals surface area contributed by atoms with Crippen molar-refractivity contribution in [2.45, 2.75) is 12.0 Å². The number of aliphatic carboxylic acids is 1. The lowest BCUT2D eigenvalue weighted by atomic mass is 9.90. The van der Waals surface area contributed by atoms with Gasteiger partial charge >= 0.3 is 11.9 Å². The summed E-state index contributed by atoms with van der Waals surface area (Å²) in [6.07, 6.45) is 1.90. The number of phenolic OH excluding ortho intramolecular Hbond substituents is 1. The fraction of sp³-hybridized carbons (Fsp3) is 0.158. The monoisotopic (exact) mass is 340 g/mol. The van der Waals surface area contributed by atoms with Gasteiger partial charge in [0.1, 0.15) is 23.5 Å². The molecular formula is C19H16O6. The molecule has 0 spiro atoms. The van der Waals surface area contributed by atoms with Crippen LogP contribution >= 0.6 is 0 Å². The van der Waals surface area contributed by atoms with E-state index >= 15 is 0 Å². The molecule has 0 amide bonds. The van der Waals surface area contributed by atoms with Gasteiger partial charge < -0.3 is 19.7 Å². The molecule has 0 radical (unpaired) electrons. The van der Waals surface area contributed by atoms with Gasteiger partial charge in [-0.15, -0.1) is 0 Å². The van der Waals surface area contributed by atoms with E-state index in [-0.39, 0.29) is 5.75 Å². The maximum atomic E-state index is 12.3. The molecule has 6 heteroatoms. The van der Waals surface area contributed by atoms with Gasteiger partial charge in [-0.05, 0) is 41.5 Å². The summed E-state index contributed by atoms with van der Waals surface area (Å²) in [6, 6.07) is 11.6. The quantitative estimate of drug-likeness (QED) is 0.657. The summed E-state index contributed by atoms with van der Waals surface area (Å²) in [5.74, 6) is -1.52. The van der Waals surface area contributed by atoms with Crippen LogP contribution in [0.5, 0.6) is 11.5 Å². The Morgan fingerprint density at radius 3 is 2.52 bits per heavy atom. The Morgan fingerprint density at radius 1 is 1.16 bits per heavy atom. The van der Waals surface area contributed by atoms with Gasteiger partial charge in [0.15, 0.2) is 0 Å². The van der Waals surface area contributed by atoms with Gasteiger partial charge in [0.2, 0.25) is 0 Å². The van der Waals surface area contributed by atoms with Crippen LogP contribution in [-0.2, 0) is 14.3 Å². The van der Waals surface area contributed by atoms with Gasteiger partial charge in [-0.2, -0.15) is 0 Å². The van der Waals surface area contributed by atoms with Crippen LogP contribution in [0, 0.1) is 0 Å². The minimum Gasteiger partial charge on any atom is -0.508 e. The number of carbonyl (C=O) groups is 2. The number of esters is 1. The molecule has 128 valence electrons. The highest BCUT2D eigenvalue weighted by atomic mass is 16.5. The van der Waals surface area contributed by atoms with Crippen LogP contribution in [0.4, 0.5) is 0 Å². The molecule has 3 rings (SSSR count). The second-order valence-corrected chi connectivity index (χ2v) is 5.60. The maximum absolute atomic E-state index is 12.3. The molecule has 0 aromatic heterocycles. The summed E-state index contributed by atoms with van der Waals surface area (Å²) in [5, 5.41) is 18.2. The number of fused-ring (bicyclic) bond motifs is 1. The zero-order chi connectivity index (χ0) is 18.0. The summed E-state index contributed by atoms with van der Waals surface area (Å²) in [6.45, 7) is 0. The van der Waals surface area contributed by atoms with Crippen molar-refractivity contribution in [3.63, 3.8) is 0 Å². The first-order valence-electron chi connectivity index (χ1n) is 7.58. The molecule has 1 heterocycles. The highest BCUT2D eigenvalue weighted by Gasteiger charge is 2.41. The first-order chi connectivity index (χ1) is 12.0. The first kappa shape index (κ1) is 16.6. The molecule has 2 N–H and O–H groups in total. The van der Waals surface area contributed by atoms with Crippen molar-refractivity contribution in [3.8, 4) is 11.5 Å². The zero-order valence-electron chi connectivity index (χ0n) is 13.4. The van der Waals surface area contributed by atoms with Crippen molar-refractivity contribution in [1.82, 2.24) is 0 Å². The fourth-order valence-electron chi connectivity index (χ4n) is 2.86. The van der Waals surface area contributed by atoms with Crippen LogP contribution in [0.2, 0.25) is 0 Å². The minimum atomic E-state index is -1.05. The molecule has 1 aliphatic rings. The summed E-state index contributed by atoms with van der Waals surface area (Å²) < 4.78 is 10.9. The van der Waals surface area contributed by atoms with Crippen LogP contribution in [0.25, 0.3) is 6.08 Å². The molecule has 0 saturated heterocycles. The number of phenols is 1. The maximum Gasteiger partial charge on any atom is 0.328 e. The Bertz CT molecular complexity index is 837. The van der Waals surface area contributed by atoms with Crippen molar-refractivity contribution < 1.29 is 29.3 Å². The van der Waals surface area contributed by atoms with Gasteiger partial charge in [0, 0.05) is 11.6 Å². The van der Waals surface area contributed by atoms with E-state index in [0.29, 0.717) is 16.9 Å². The van der Waals surface area contributed by atoms with Crippen molar-refractivity contribution >= 4 is 18.0 Å². The number of carbonyl (C=O) groups excluding carboxylic acids is 1. The van der Waals surface area contributed by atoms with Crippen LogP contribution in [-0.4, -0.2) is 29.3 Å². The van der Waals surface area contributed by atoms with Crippen molar-refractivity contribution in [2.24, 2.45) is 0 Å². The minimum absolute atomic E-state index is 0.120. The Kier molecular flexibility index (Phi) is 4.43. The third-order valence-corrected chi connectivity index (χ3v) is 4.02. The Labute approximate surface area is 143 Å². The lowest BCUT2D eigenvalue weighted by Gasteiger charge is -2.17. The van der Waals surface area contributed by atoms with Crippen LogP contribution in [0.1, 0.15) is 28.7 Å². The third kappa shape index (κ3) is 3.33. The fourth-order valence-corrected chi connectivity index (χ4v) is 2.86. The van der Waals surface area contributed by atoms with E-state index in [4.69, 9.17) is 14.6 Å². The summed E-state index contributed by atoms with van der Waals surface area (Å²) in [7, 11) is 1.31. The molecule has 0 bridgehead atoms. The van der Waals surface area contributed by atoms with Crippen LogP contribution in [0.3, 0.4) is 0 Å². The normalized spacial score (nSPS) is 18.6. The SMILES string of the molecule is COC(=O)[C@@H]1c2cc(C=CC(=O)O)ccc2O[C@H]1c1ccc(O)cc1. The van der Waals surface area contributed by atoms with Gasteiger partial charge in [0.05, 0.1) is 7.11 Å². The smallest absolute Gasteiger partial charge is 0.328 e. The topological polar surface area (TPSA) is 93.1 Å². The molecule has 2 aromatic carbocycles. The molecular weight excluding hydrogens is 324 g/mol. The number of hydrogen-bond donors (Lipinski definition) is 2. The molecule has 0 saturated carbocycles. The van der Waals surface area contributed by atoms with E-state index in [0.717, 1.165) is 11.6 Å². The number of carboxylic acid groups (broad SMARTS) is 1. The second-order valence-electron chi connectivity index (χ2n) is 5.60. The van der Waals surface area contributed by atoms with Gasteiger partial charge in [0.25, 0.3) is 0 Å². The average Bonchev–Trinajstić information content (AvgIpc) is 2.98. The predicted octanol–water partition coefficient (Wildman–Crippen LogP) is 2.88. The molecule has 2 atom stereocenters.